The van der Waals surface area contributed by atoms with Crippen molar-refractivity contribution in [3.8, 4) is 17.6 Å². The van der Waals surface area contributed by atoms with Gasteiger partial charge >= 0.3 is 0 Å². The molecule has 1 N–H and O–H groups in total. The fourth-order valence-corrected chi connectivity index (χ4v) is 2.86. The van der Waals surface area contributed by atoms with Crippen LogP contribution in [0.4, 0.5) is 11.4 Å². The molecule has 3 aromatic rings. The highest BCUT2D eigenvalue weighted by Gasteiger charge is 2.15. The lowest BCUT2D eigenvalue weighted by Crippen LogP contribution is -2.07. The standard InChI is InChI=1S/C22H21N3O3/c1-13(2)28-21-10-19-18(9-20(21)27-4)22(16(11-23)12-24-19)25-17-7-5-15(6-8-17)14(3)26/h5-10,12-13H,1-4H3,(H,24,25). The van der Waals surface area contributed by atoms with Gasteiger partial charge < -0.3 is 14.8 Å². The highest BCUT2D eigenvalue weighted by Crippen LogP contribution is 2.37. The van der Waals surface area contributed by atoms with Gasteiger partial charge in [0.1, 0.15) is 6.07 Å². The number of nitriles is 1. The Bertz CT molecular complexity index is 1070. The number of fused-ring (bicyclic) bond motifs is 1. The molecule has 0 atom stereocenters. The van der Waals surface area contributed by atoms with Crippen molar-refractivity contribution in [2.45, 2.75) is 26.9 Å². The average molecular weight is 375 g/mol. The SMILES string of the molecule is COc1cc2c(Nc3ccc(C(C)=O)cc3)c(C#N)cnc2cc1OC(C)C. The van der Waals surface area contributed by atoms with Gasteiger partial charge in [-0.05, 0) is 51.1 Å². The van der Waals surface area contributed by atoms with E-state index in [0.29, 0.717) is 33.8 Å². The fraction of sp³-hybridized carbons (Fsp3) is 0.227. The van der Waals surface area contributed by atoms with Crippen molar-refractivity contribution in [1.82, 2.24) is 4.98 Å². The molecule has 0 fully saturated rings. The number of benzene rings is 2. The van der Waals surface area contributed by atoms with Crippen molar-refractivity contribution in [2.24, 2.45) is 0 Å². The highest BCUT2D eigenvalue weighted by molar-refractivity contribution is 5.98. The molecule has 0 aliphatic carbocycles. The van der Waals surface area contributed by atoms with Gasteiger partial charge in [-0.3, -0.25) is 9.78 Å². The van der Waals surface area contributed by atoms with Crippen LogP contribution < -0.4 is 14.8 Å². The Balaban J connectivity index is 2.11. The van der Waals surface area contributed by atoms with Crippen molar-refractivity contribution in [1.29, 1.82) is 5.26 Å². The molecule has 0 saturated heterocycles. The maximum Gasteiger partial charge on any atom is 0.163 e. The van der Waals surface area contributed by atoms with Crippen LogP contribution in [-0.4, -0.2) is 24.0 Å². The monoisotopic (exact) mass is 375 g/mol. The number of Topliss-reactive ketones (excluding diaryl/α,β-unsaturated/α-hetero) is 1. The zero-order chi connectivity index (χ0) is 20.3. The van der Waals surface area contributed by atoms with Gasteiger partial charge in [0.05, 0.1) is 30.0 Å². The second-order valence-corrected chi connectivity index (χ2v) is 6.60. The van der Waals surface area contributed by atoms with E-state index in [-0.39, 0.29) is 11.9 Å². The smallest absolute Gasteiger partial charge is 0.163 e. The molecule has 3 rings (SSSR count). The van der Waals surface area contributed by atoms with Crippen LogP contribution >= 0.6 is 0 Å². The number of anilines is 2. The van der Waals surface area contributed by atoms with E-state index in [1.807, 2.05) is 19.9 Å². The number of ether oxygens (including phenoxy) is 2. The first kappa shape index (κ1) is 19.2. The molecule has 2 aromatic carbocycles. The number of carbonyl (C=O) groups is 1. The van der Waals surface area contributed by atoms with Crippen LogP contribution in [-0.2, 0) is 0 Å². The summed E-state index contributed by atoms with van der Waals surface area (Å²) in [6, 6.07) is 12.9. The number of aromatic nitrogens is 1. The molecule has 0 aliphatic heterocycles. The third-order valence-electron chi connectivity index (χ3n) is 4.20. The number of nitrogens with one attached hydrogen (secondary N) is 1. The van der Waals surface area contributed by atoms with Crippen LogP contribution in [0.25, 0.3) is 10.9 Å². The third kappa shape index (κ3) is 3.89. The van der Waals surface area contributed by atoms with Gasteiger partial charge in [-0.15, -0.1) is 0 Å². The lowest BCUT2D eigenvalue weighted by molar-refractivity contribution is 0.101. The highest BCUT2D eigenvalue weighted by atomic mass is 16.5. The number of hydrogen-bond donors (Lipinski definition) is 1. The number of ketones is 1. The van der Waals surface area contributed by atoms with Crippen molar-refractivity contribution < 1.29 is 14.3 Å². The van der Waals surface area contributed by atoms with Gasteiger partial charge in [-0.25, -0.2) is 0 Å². The molecule has 0 spiro atoms. The molecule has 0 saturated carbocycles. The number of pyridine rings is 1. The predicted molar refractivity (Wildman–Crippen MR) is 109 cm³/mol. The van der Waals surface area contributed by atoms with E-state index in [4.69, 9.17) is 9.47 Å². The van der Waals surface area contributed by atoms with Crippen molar-refractivity contribution in [3.63, 3.8) is 0 Å². The van der Waals surface area contributed by atoms with Crippen LogP contribution in [0.1, 0.15) is 36.7 Å². The molecular formula is C22H21N3O3. The second kappa shape index (κ2) is 7.97. The van der Waals surface area contributed by atoms with Crippen LogP contribution in [0.2, 0.25) is 0 Å². The van der Waals surface area contributed by atoms with Crippen molar-refractivity contribution in [2.75, 3.05) is 12.4 Å². The molecule has 28 heavy (non-hydrogen) atoms. The summed E-state index contributed by atoms with van der Waals surface area (Å²) in [6.07, 6.45) is 1.52. The number of carbonyl (C=O) groups excluding carboxylic acids is 1. The lowest BCUT2D eigenvalue weighted by Gasteiger charge is -2.16. The number of hydrogen-bond acceptors (Lipinski definition) is 6. The van der Waals surface area contributed by atoms with Crippen molar-refractivity contribution >= 4 is 28.1 Å². The Hall–Kier alpha value is -3.59. The zero-order valence-corrected chi connectivity index (χ0v) is 16.2. The first-order chi connectivity index (χ1) is 13.4. The second-order valence-electron chi connectivity index (χ2n) is 6.60. The summed E-state index contributed by atoms with van der Waals surface area (Å²) in [5.74, 6) is 1.16. The van der Waals surface area contributed by atoms with Crippen LogP contribution in [0.15, 0.2) is 42.6 Å². The number of rotatable bonds is 6. The molecule has 0 bridgehead atoms. The molecule has 0 aliphatic rings. The predicted octanol–water partition coefficient (Wildman–Crippen LogP) is 4.85. The Labute approximate surface area is 163 Å². The van der Waals surface area contributed by atoms with Gasteiger partial charge in [0.15, 0.2) is 17.3 Å². The van der Waals surface area contributed by atoms with Gasteiger partial charge in [-0.1, -0.05) is 0 Å². The molecule has 0 amide bonds. The molecule has 6 nitrogen and oxygen atoms in total. The molecule has 0 radical (unpaired) electrons. The molecule has 6 heteroatoms. The minimum Gasteiger partial charge on any atom is -0.493 e. The quantitative estimate of drug-likeness (QED) is 0.620. The normalized spacial score (nSPS) is 10.6. The first-order valence-electron chi connectivity index (χ1n) is 8.88. The molecule has 142 valence electrons. The summed E-state index contributed by atoms with van der Waals surface area (Å²) in [4.78, 5) is 15.9. The van der Waals surface area contributed by atoms with E-state index in [2.05, 4.69) is 16.4 Å². The molecule has 1 aromatic heterocycles. The van der Waals surface area contributed by atoms with E-state index >= 15 is 0 Å². The van der Waals surface area contributed by atoms with E-state index in [0.717, 1.165) is 11.1 Å². The average Bonchev–Trinajstić information content (AvgIpc) is 2.67. The van der Waals surface area contributed by atoms with Crippen LogP contribution in [0.3, 0.4) is 0 Å². The summed E-state index contributed by atoms with van der Waals surface area (Å²) in [6.45, 7) is 5.40. The Morgan fingerprint density at radius 3 is 2.46 bits per heavy atom. The van der Waals surface area contributed by atoms with Crippen LogP contribution in [0, 0.1) is 11.3 Å². The Morgan fingerprint density at radius 2 is 1.89 bits per heavy atom. The summed E-state index contributed by atoms with van der Waals surface area (Å²) >= 11 is 0. The van der Waals surface area contributed by atoms with Gasteiger partial charge in [-0.2, -0.15) is 5.26 Å². The topological polar surface area (TPSA) is 84.2 Å². The van der Waals surface area contributed by atoms with E-state index < -0.39 is 0 Å². The maximum absolute atomic E-state index is 11.5. The third-order valence-corrected chi connectivity index (χ3v) is 4.20. The summed E-state index contributed by atoms with van der Waals surface area (Å²) < 4.78 is 11.3. The number of nitrogens with zero attached hydrogens (tertiary/aromatic N) is 2. The van der Waals surface area contributed by atoms with Gasteiger partial charge in [0, 0.05) is 28.9 Å². The maximum atomic E-state index is 11.5. The van der Waals surface area contributed by atoms with E-state index in [9.17, 15) is 10.1 Å². The molecule has 1 heterocycles. The summed E-state index contributed by atoms with van der Waals surface area (Å²) in [5, 5.41) is 13.6. The number of methoxy groups -OCH3 is 1. The minimum absolute atomic E-state index is 0.000966. The fourth-order valence-electron chi connectivity index (χ4n) is 2.86. The van der Waals surface area contributed by atoms with Crippen LogP contribution in [0.5, 0.6) is 11.5 Å². The van der Waals surface area contributed by atoms with Crippen molar-refractivity contribution in [3.05, 3.63) is 53.7 Å². The summed E-state index contributed by atoms with van der Waals surface area (Å²) in [7, 11) is 1.57. The van der Waals surface area contributed by atoms with Gasteiger partial charge in [0.2, 0.25) is 0 Å². The first-order valence-corrected chi connectivity index (χ1v) is 8.88. The zero-order valence-electron chi connectivity index (χ0n) is 16.2. The Kier molecular flexibility index (Phi) is 5.46. The lowest BCUT2D eigenvalue weighted by atomic mass is 10.1. The largest absolute Gasteiger partial charge is 0.493 e. The molecular weight excluding hydrogens is 354 g/mol. The summed E-state index contributed by atoms with van der Waals surface area (Å²) in [5.41, 5.74) is 3.09. The molecule has 0 unspecified atom stereocenters. The van der Waals surface area contributed by atoms with E-state index in [1.54, 1.807) is 37.4 Å². The van der Waals surface area contributed by atoms with E-state index in [1.165, 1.54) is 13.1 Å². The minimum atomic E-state index is -0.0119. The van der Waals surface area contributed by atoms with Gasteiger partial charge in [0.25, 0.3) is 0 Å². The Morgan fingerprint density at radius 1 is 1.18 bits per heavy atom.